The van der Waals surface area contributed by atoms with E-state index in [9.17, 15) is 36.7 Å². The predicted molar refractivity (Wildman–Crippen MR) is 420 cm³/mol. The molecule has 0 saturated carbocycles. The van der Waals surface area contributed by atoms with E-state index < -0.39 is 7.15 Å². The van der Waals surface area contributed by atoms with Crippen molar-refractivity contribution in [2.75, 3.05) is 84.7 Å². The molecule has 0 unspecified atom stereocenters. The molecule has 15 rings (SSSR count). The third kappa shape index (κ3) is 22.6. The fraction of sp³-hybridized carbons (Fsp3) is 0.273. The number of hydrogen-bond donors (Lipinski definition) is 5. The smallest absolute Gasteiger partial charge is 0.261 e. The van der Waals surface area contributed by atoms with Gasteiger partial charge in [0, 0.05) is 114 Å². The topological polar surface area (TPSA) is 242 Å². The molecule has 0 atom stereocenters. The fourth-order valence-corrected chi connectivity index (χ4v) is 12.2. The van der Waals surface area contributed by atoms with Crippen LogP contribution in [0.3, 0.4) is 0 Å². The highest BCUT2D eigenvalue weighted by atomic mass is 79.9. The van der Waals surface area contributed by atoms with Gasteiger partial charge in [0.25, 0.3) is 22.2 Å². The van der Waals surface area contributed by atoms with E-state index in [0.29, 0.717) is 149 Å². The monoisotopic (exact) mass is 1680 g/mol. The summed E-state index contributed by atoms with van der Waals surface area (Å²) in [6.07, 6.45) is 5.00. The van der Waals surface area contributed by atoms with Gasteiger partial charge in [-0.25, -0.2) is 33.1 Å². The number of aliphatic hydroxyl groups is 4. The average molecular weight is 1680 g/mol. The fourth-order valence-electron chi connectivity index (χ4n) is 11.5. The Balaban J connectivity index is 0.000000187. The summed E-state index contributed by atoms with van der Waals surface area (Å²) in [5.74, 6) is 16.2. The highest BCUT2D eigenvalue weighted by molar-refractivity contribution is 9.10. The van der Waals surface area contributed by atoms with Crippen LogP contribution in [0.5, 0.6) is 0 Å². The van der Waals surface area contributed by atoms with Crippen molar-refractivity contribution < 1.29 is 39.4 Å². The van der Waals surface area contributed by atoms with E-state index >= 15 is 0 Å². The zero-order valence-corrected chi connectivity index (χ0v) is 63.5. The Labute approximate surface area is 647 Å². The summed E-state index contributed by atoms with van der Waals surface area (Å²) in [7, 11) is -1.00. The van der Waals surface area contributed by atoms with Crippen LogP contribution in [0.1, 0.15) is 52.5 Å². The van der Waals surface area contributed by atoms with Crippen LogP contribution in [0.25, 0.3) is 43.6 Å². The first kappa shape index (κ1) is 82.8. The Morgan fingerprint density at radius 3 is 1.09 bits per heavy atom. The molecule has 11 aromatic rings. The van der Waals surface area contributed by atoms with Gasteiger partial charge in [0.05, 0.1) is 105 Å². The largest absolute Gasteiger partial charge is 0.396 e. The second-order valence-electron chi connectivity index (χ2n) is 23.5. The van der Waals surface area contributed by atoms with Crippen molar-refractivity contribution in [3.63, 3.8) is 0 Å². The third-order valence-electron chi connectivity index (χ3n) is 16.5. The maximum atomic E-state index is 13.3. The van der Waals surface area contributed by atoms with Gasteiger partial charge >= 0.3 is 0 Å². The van der Waals surface area contributed by atoms with Gasteiger partial charge in [0.2, 0.25) is 0 Å². The average Bonchev–Trinajstić information content (AvgIpc) is 0.796. The van der Waals surface area contributed by atoms with Crippen molar-refractivity contribution in [3.05, 3.63) is 265 Å². The van der Waals surface area contributed by atoms with Gasteiger partial charge in [0.1, 0.15) is 40.7 Å². The Morgan fingerprint density at radius 2 is 0.764 bits per heavy atom. The zero-order chi connectivity index (χ0) is 74.9. The van der Waals surface area contributed by atoms with Crippen LogP contribution in [0, 0.1) is 53.5 Å². The third-order valence-corrected chi connectivity index (χ3v) is 17.9. The molecule has 5 N–H and O–H groups in total. The molecule has 0 saturated heterocycles. The minimum atomic E-state index is -1.00. The lowest BCUT2D eigenvalue weighted by atomic mass is 10.1. The van der Waals surface area contributed by atoms with E-state index in [4.69, 9.17) is 28.2 Å². The number of β-amino-alcohol motifs (C(OH)–C–C–N with tert-alkyl or cyclic N) is 3. The number of alkyl halides is 2. The number of halogens is 9. The van der Waals surface area contributed by atoms with Crippen molar-refractivity contribution in [3.8, 4) is 36.0 Å². The van der Waals surface area contributed by atoms with Crippen LogP contribution < -0.4 is 27.6 Å². The molecule has 4 aliphatic rings. The molecule has 106 heavy (non-hydrogen) atoms. The van der Waals surface area contributed by atoms with Crippen LogP contribution in [0.15, 0.2) is 174 Å². The van der Waals surface area contributed by atoms with Gasteiger partial charge in [-0.1, -0.05) is 95.6 Å². The summed E-state index contributed by atoms with van der Waals surface area (Å²) in [4.78, 5) is 74.7. The Kier molecular flexibility index (Phi) is 32.8. The Hall–Kier alpha value is -8.80. The molecule has 20 nitrogen and oxygen atoms in total. The normalized spacial score (nSPS) is 13.3. The van der Waals surface area contributed by atoms with Crippen molar-refractivity contribution in [2.24, 2.45) is 0 Å². The van der Waals surface area contributed by atoms with E-state index in [1.54, 1.807) is 91.1 Å². The number of hydrogen-bond acceptors (Lipinski definition) is 16. The van der Waals surface area contributed by atoms with Gasteiger partial charge in [0.15, 0.2) is 0 Å². The summed E-state index contributed by atoms with van der Waals surface area (Å²) in [5.41, 5.74) is 5.85. The Bertz CT molecular complexity index is 5160. The standard InChI is InChI=1S/2C21H18FN3O2.C13H14BrN3O2.C11H10BrN3O.C8H5F.C2H5BrO.CH3F.2ClH/c2*22-17-3-1-2-15(12-17)4-5-16-6-7-18-19(13-16)23-20-14-24(10-11-26)8-9-25(20)21(18)27;14-9-1-2-10-11(7-9)15-12-8-16(5-6-18)3-4-17(12)13(10)19;12-7-1-2-8-9(5-7)14-10-6-13-3-4-15(10)11(8)16;1-2-7-4-3-5-8(9)6-7;3-1-2-4;1-2;;/h2*1-3,6-7,12-13,26H,8-11,14H2;1-2,7,18H,3-6,8H2;1-2,5,13H,3-4,6H2;1,3-6H;4H,1-2H2;1H3;2*1H/i;;;;;;1D;;. The summed E-state index contributed by atoms with van der Waals surface area (Å²) in [5, 5.41) is 41.4. The highest BCUT2D eigenvalue weighted by Gasteiger charge is 2.23. The summed E-state index contributed by atoms with van der Waals surface area (Å²) in [6, 6.07) is 39.9. The van der Waals surface area contributed by atoms with E-state index in [-0.39, 0.29) is 90.9 Å². The SMILES string of the molecule is C#Cc1cccc(F)c1.Cl.Cl.O=c1c2ccc(Br)cc2nc2n1CCN(CCO)C2.O=c1c2ccc(Br)cc2nc2n1CCNC2.O=c1c2ccc(C#Cc3cccc(F)c3)cc2nc2n1CCN(CCO)C2.O=c1c2ccc(C#Cc3cccc(F)c3)cc2nc2n1CCN(CCO)C2.OCCBr.[2H]CF. The molecule has 7 aromatic carbocycles. The van der Waals surface area contributed by atoms with E-state index in [1.165, 1.54) is 36.4 Å². The zero-order valence-electron chi connectivity index (χ0n) is 58.1. The maximum Gasteiger partial charge on any atom is 0.261 e. The first-order chi connectivity index (χ1) is 50.9. The first-order valence-corrected chi connectivity index (χ1v) is 35.5. The summed E-state index contributed by atoms with van der Waals surface area (Å²) in [6.45, 7) is 10.1. The number of rotatable bonds is 7. The lowest BCUT2D eigenvalue weighted by Gasteiger charge is -2.28. The van der Waals surface area contributed by atoms with Crippen LogP contribution in [-0.2, 0) is 52.4 Å². The highest BCUT2D eigenvalue weighted by Crippen LogP contribution is 2.21. The molecule has 4 aromatic heterocycles. The number of aromatic nitrogens is 8. The quantitative estimate of drug-likeness (QED) is 0.0567. The van der Waals surface area contributed by atoms with Crippen LogP contribution in [0.2, 0.25) is 0 Å². The summed E-state index contributed by atoms with van der Waals surface area (Å²) < 4.78 is 63.0. The van der Waals surface area contributed by atoms with Crippen LogP contribution >= 0.6 is 72.6 Å². The first-order valence-electron chi connectivity index (χ1n) is 33.5. The minimum Gasteiger partial charge on any atom is -0.396 e. The van der Waals surface area contributed by atoms with Crippen molar-refractivity contribution in [1.82, 2.24) is 58.2 Å². The number of benzene rings is 7. The molecule has 554 valence electrons. The van der Waals surface area contributed by atoms with Gasteiger partial charge in [-0.15, -0.1) is 31.2 Å². The van der Waals surface area contributed by atoms with E-state index in [1.807, 2.05) is 36.4 Å². The number of aliphatic hydroxyl groups excluding tert-OH is 4. The summed E-state index contributed by atoms with van der Waals surface area (Å²) >= 11 is 9.78. The molecule has 29 heteroatoms. The second-order valence-corrected chi connectivity index (χ2v) is 26.1. The van der Waals surface area contributed by atoms with Crippen molar-refractivity contribution in [2.45, 2.75) is 52.4 Å². The maximum absolute atomic E-state index is 13.3. The second kappa shape index (κ2) is 41.9. The molecule has 0 radical (unpaired) electrons. The molecule has 8 heterocycles. The van der Waals surface area contributed by atoms with E-state index in [2.05, 4.69) is 117 Å². The van der Waals surface area contributed by atoms with Gasteiger partial charge in [-0.05, 0) is 127 Å². The molecular weight excluding hydrogens is 1610 g/mol. The lowest BCUT2D eigenvalue weighted by Crippen LogP contribution is -2.41. The molecule has 0 bridgehead atoms. The molecular formula is C77H75Br3Cl2F4N12O8. The molecule has 0 fully saturated rings. The van der Waals surface area contributed by atoms with Gasteiger partial charge in [-0.2, -0.15) is 0 Å². The van der Waals surface area contributed by atoms with Crippen molar-refractivity contribution in [1.29, 1.82) is 0 Å². The van der Waals surface area contributed by atoms with Crippen LogP contribution in [0.4, 0.5) is 17.6 Å². The predicted octanol–water partition coefficient (Wildman–Crippen LogP) is 9.33. The van der Waals surface area contributed by atoms with Gasteiger partial charge in [-0.3, -0.25) is 56.5 Å². The Morgan fingerprint density at radius 1 is 0.453 bits per heavy atom. The molecule has 0 amide bonds. The molecule has 0 aliphatic carbocycles. The number of terminal acetylenes is 1. The van der Waals surface area contributed by atoms with Gasteiger partial charge < -0.3 is 25.7 Å². The molecule has 4 aliphatic heterocycles. The van der Waals surface area contributed by atoms with E-state index in [0.717, 1.165) is 57.8 Å². The van der Waals surface area contributed by atoms with Crippen LogP contribution in [-0.4, -0.2) is 158 Å². The lowest BCUT2D eigenvalue weighted by molar-refractivity contribution is 0.163. The number of nitrogens with one attached hydrogen (secondary N) is 1. The number of nitrogens with zero attached hydrogens (tertiary/aromatic N) is 11. The van der Waals surface area contributed by atoms with Crippen molar-refractivity contribution >= 4 is 116 Å². The molecule has 0 spiro atoms. The number of fused-ring (bicyclic) bond motifs is 8. The minimum absolute atomic E-state index is 0.